The first-order chi connectivity index (χ1) is 11.0. The minimum Gasteiger partial charge on any atom is -0.385 e. The fraction of sp³-hybridized carbons (Fsp3) is 0.944. The highest BCUT2D eigenvalue weighted by molar-refractivity contribution is 5.80. The van der Waals surface area contributed by atoms with Crippen LogP contribution in [0.1, 0.15) is 46.0 Å². The zero-order valence-corrected chi connectivity index (χ0v) is 15.2. The van der Waals surface area contributed by atoms with Gasteiger partial charge in [-0.2, -0.15) is 0 Å². The molecule has 0 aromatic rings. The smallest absolute Gasteiger partial charge is 0.191 e. The van der Waals surface area contributed by atoms with Gasteiger partial charge in [0.2, 0.25) is 0 Å². The average molecular weight is 323 g/mol. The molecule has 3 fully saturated rings. The van der Waals surface area contributed by atoms with Crippen molar-refractivity contribution in [2.24, 2.45) is 21.7 Å². The van der Waals surface area contributed by atoms with Gasteiger partial charge in [-0.15, -0.1) is 0 Å². The highest BCUT2D eigenvalue weighted by Gasteiger charge is 2.59. The summed E-state index contributed by atoms with van der Waals surface area (Å²) < 4.78 is 11.2. The van der Waals surface area contributed by atoms with Crippen molar-refractivity contribution in [1.82, 2.24) is 10.6 Å². The molecule has 1 heterocycles. The van der Waals surface area contributed by atoms with Crippen LogP contribution in [0.25, 0.3) is 0 Å². The largest absolute Gasteiger partial charge is 0.385 e. The van der Waals surface area contributed by atoms with Gasteiger partial charge in [0.25, 0.3) is 0 Å². The number of rotatable bonds is 6. The van der Waals surface area contributed by atoms with Crippen LogP contribution >= 0.6 is 0 Å². The van der Waals surface area contributed by atoms with E-state index < -0.39 is 0 Å². The van der Waals surface area contributed by atoms with Gasteiger partial charge < -0.3 is 20.1 Å². The maximum atomic E-state index is 5.88. The molecule has 3 rings (SSSR count). The summed E-state index contributed by atoms with van der Waals surface area (Å²) in [5.41, 5.74) is 0.588. The molecule has 0 radical (unpaired) electrons. The molecule has 0 bridgehead atoms. The summed E-state index contributed by atoms with van der Waals surface area (Å²) in [6.45, 7) is 7.36. The van der Waals surface area contributed by atoms with Crippen LogP contribution in [0.4, 0.5) is 0 Å². The maximum Gasteiger partial charge on any atom is 0.191 e. The molecule has 0 aromatic heterocycles. The van der Waals surface area contributed by atoms with Gasteiger partial charge in [-0.05, 0) is 31.1 Å². The number of fused-ring (bicyclic) bond motifs is 1. The summed E-state index contributed by atoms with van der Waals surface area (Å²) >= 11 is 0. The molecule has 1 aliphatic heterocycles. The van der Waals surface area contributed by atoms with Crippen LogP contribution < -0.4 is 10.6 Å². The third-order valence-electron chi connectivity index (χ3n) is 6.50. The van der Waals surface area contributed by atoms with Crippen molar-refractivity contribution in [2.45, 2.75) is 58.1 Å². The molecule has 3 aliphatic rings. The van der Waals surface area contributed by atoms with Crippen molar-refractivity contribution in [2.75, 3.05) is 33.9 Å². The van der Waals surface area contributed by atoms with Gasteiger partial charge in [-0.25, -0.2) is 0 Å². The summed E-state index contributed by atoms with van der Waals surface area (Å²) in [5.74, 6) is 1.58. The Labute approximate surface area is 140 Å². The van der Waals surface area contributed by atoms with Gasteiger partial charge in [-0.3, -0.25) is 4.99 Å². The Kier molecular flexibility index (Phi) is 4.88. The Balaban J connectivity index is 1.53. The number of ether oxygens (including phenoxy) is 2. The fourth-order valence-electron chi connectivity index (χ4n) is 4.74. The molecule has 1 saturated heterocycles. The summed E-state index contributed by atoms with van der Waals surface area (Å²) in [4.78, 5) is 4.45. The number of hydrogen-bond acceptors (Lipinski definition) is 3. The van der Waals surface area contributed by atoms with Crippen molar-refractivity contribution < 1.29 is 9.47 Å². The van der Waals surface area contributed by atoms with Crippen molar-refractivity contribution in [3.63, 3.8) is 0 Å². The number of nitrogens with zero attached hydrogens (tertiary/aromatic N) is 1. The van der Waals surface area contributed by atoms with Gasteiger partial charge in [-0.1, -0.05) is 20.3 Å². The number of nitrogens with one attached hydrogen (secondary N) is 2. The predicted octanol–water partition coefficient (Wildman–Crippen LogP) is 2.17. The average Bonchev–Trinajstić information content (AvgIpc) is 2.95. The lowest BCUT2D eigenvalue weighted by molar-refractivity contribution is -0.106. The molecule has 2 saturated carbocycles. The minimum absolute atomic E-state index is 0.184. The van der Waals surface area contributed by atoms with Gasteiger partial charge in [0.15, 0.2) is 5.96 Å². The first-order valence-electron chi connectivity index (χ1n) is 9.10. The topological polar surface area (TPSA) is 54.9 Å². The first kappa shape index (κ1) is 17.0. The standard InChI is InChI=1S/C18H33N3O2/c1-17(2)14(13-6-10-23-15(13)17)21-16(19-3)20-12-18(7-5-8-18)9-11-22-4/h13-15H,5-12H2,1-4H3,(H2,19,20,21). The number of aliphatic imine (C=N–C) groups is 1. The zero-order valence-electron chi connectivity index (χ0n) is 15.2. The Bertz CT molecular complexity index is 446. The van der Waals surface area contributed by atoms with Crippen molar-refractivity contribution in [3.8, 4) is 0 Å². The van der Waals surface area contributed by atoms with E-state index in [0.717, 1.165) is 32.1 Å². The normalized spacial score (nSPS) is 34.3. The predicted molar refractivity (Wildman–Crippen MR) is 92.7 cm³/mol. The molecule has 132 valence electrons. The lowest BCUT2D eigenvalue weighted by atomic mass is 9.57. The second kappa shape index (κ2) is 6.60. The summed E-state index contributed by atoms with van der Waals surface area (Å²) in [6.07, 6.45) is 6.66. The van der Waals surface area contributed by atoms with Crippen molar-refractivity contribution >= 4 is 5.96 Å². The van der Waals surface area contributed by atoms with Gasteiger partial charge in [0.05, 0.1) is 6.10 Å². The third kappa shape index (κ3) is 3.10. The molecule has 5 nitrogen and oxygen atoms in total. The molecule has 3 atom stereocenters. The van der Waals surface area contributed by atoms with Crippen LogP contribution in [-0.4, -0.2) is 52.0 Å². The molecule has 2 N–H and O–H groups in total. The summed E-state index contributed by atoms with van der Waals surface area (Å²) in [5, 5.41) is 7.25. The van der Waals surface area contributed by atoms with Crippen LogP contribution in [0.2, 0.25) is 0 Å². The van der Waals surface area contributed by atoms with E-state index in [1.807, 2.05) is 7.05 Å². The van der Waals surface area contributed by atoms with Crippen molar-refractivity contribution in [3.05, 3.63) is 0 Å². The highest BCUT2D eigenvalue weighted by Crippen LogP contribution is 2.52. The highest BCUT2D eigenvalue weighted by atomic mass is 16.5. The quantitative estimate of drug-likeness (QED) is 0.581. The molecule has 2 aliphatic carbocycles. The van der Waals surface area contributed by atoms with E-state index in [4.69, 9.17) is 9.47 Å². The Morgan fingerprint density at radius 1 is 1.35 bits per heavy atom. The van der Waals surface area contributed by atoms with Crippen LogP contribution in [0, 0.1) is 16.7 Å². The second-order valence-electron chi connectivity index (χ2n) is 8.21. The molecular formula is C18H33N3O2. The number of guanidine groups is 1. The molecule has 5 heteroatoms. The summed E-state index contributed by atoms with van der Waals surface area (Å²) in [7, 11) is 3.66. The zero-order chi connectivity index (χ0) is 16.5. The second-order valence-corrected chi connectivity index (χ2v) is 8.21. The summed E-state index contributed by atoms with van der Waals surface area (Å²) in [6, 6.07) is 0.456. The van der Waals surface area contributed by atoms with Crippen LogP contribution in [0.5, 0.6) is 0 Å². The molecule has 23 heavy (non-hydrogen) atoms. The van der Waals surface area contributed by atoms with Crippen LogP contribution in [0.3, 0.4) is 0 Å². The molecule has 0 aromatic carbocycles. The van der Waals surface area contributed by atoms with Crippen molar-refractivity contribution in [1.29, 1.82) is 0 Å². The first-order valence-corrected chi connectivity index (χ1v) is 9.10. The maximum absolute atomic E-state index is 5.88. The monoisotopic (exact) mass is 323 g/mol. The van der Waals surface area contributed by atoms with E-state index in [-0.39, 0.29) is 5.41 Å². The minimum atomic E-state index is 0.184. The SMILES string of the molecule is CN=C(NCC1(CCOC)CCC1)NC1C2CCOC2C1(C)C. The van der Waals surface area contributed by atoms with Crippen LogP contribution in [0.15, 0.2) is 4.99 Å². The molecule has 3 unspecified atom stereocenters. The Morgan fingerprint density at radius 2 is 2.13 bits per heavy atom. The number of methoxy groups -OCH3 is 1. The van der Waals surface area contributed by atoms with Gasteiger partial charge >= 0.3 is 0 Å². The Morgan fingerprint density at radius 3 is 2.74 bits per heavy atom. The Hall–Kier alpha value is -0.810. The van der Waals surface area contributed by atoms with E-state index in [1.54, 1.807) is 7.11 Å². The van der Waals surface area contributed by atoms with Gasteiger partial charge in [0.1, 0.15) is 0 Å². The molecule has 0 amide bonds. The number of hydrogen-bond donors (Lipinski definition) is 2. The molecule has 0 spiro atoms. The van der Waals surface area contributed by atoms with E-state index >= 15 is 0 Å². The lowest BCUT2D eigenvalue weighted by Crippen LogP contribution is -2.68. The van der Waals surface area contributed by atoms with E-state index in [2.05, 4.69) is 29.5 Å². The van der Waals surface area contributed by atoms with E-state index in [0.29, 0.717) is 23.5 Å². The van der Waals surface area contributed by atoms with E-state index in [1.165, 1.54) is 25.7 Å². The van der Waals surface area contributed by atoms with E-state index in [9.17, 15) is 0 Å². The van der Waals surface area contributed by atoms with Gasteiger partial charge in [0, 0.05) is 51.3 Å². The molecular weight excluding hydrogens is 290 g/mol. The lowest BCUT2D eigenvalue weighted by Gasteiger charge is -2.55. The third-order valence-corrected chi connectivity index (χ3v) is 6.50. The van der Waals surface area contributed by atoms with Crippen LogP contribution in [-0.2, 0) is 9.47 Å². The fourth-order valence-corrected chi connectivity index (χ4v) is 4.74.